The summed E-state index contributed by atoms with van der Waals surface area (Å²) in [5.74, 6) is -0.633. The van der Waals surface area contributed by atoms with Crippen molar-refractivity contribution in [3.05, 3.63) is 23.8 Å². The third-order valence-electron chi connectivity index (χ3n) is 3.39. The van der Waals surface area contributed by atoms with E-state index in [1.807, 2.05) is 20.8 Å². The first-order valence-corrected chi connectivity index (χ1v) is 6.75. The van der Waals surface area contributed by atoms with E-state index in [0.29, 0.717) is 12.3 Å². The lowest BCUT2D eigenvalue weighted by atomic mass is 9.90. The fourth-order valence-electron chi connectivity index (χ4n) is 1.55. The second-order valence-electron chi connectivity index (χ2n) is 5.54. The molecule has 6 nitrogen and oxygen atoms in total. The minimum absolute atomic E-state index is 0.0126. The third-order valence-corrected chi connectivity index (χ3v) is 3.39. The zero-order valence-electron chi connectivity index (χ0n) is 12.8. The van der Waals surface area contributed by atoms with Crippen molar-refractivity contribution in [1.29, 1.82) is 0 Å². The Hall–Kier alpha value is -2.24. The van der Waals surface area contributed by atoms with Crippen LogP contribution in [0.2, 0.25) is 0 Å². The molecule has 1 rings (SSSR count). The molecular weight excluding hydrogens is 272 g/mol. The van der Waals surface area contributed by atoms with E-state index in [1.165, 1.54) is 25.3 Å². The maximum atomic E-state index is 11.9. The van der Waals surface area contributed by atoms with E-state index in [0.717, 1.165) is 6.42 Å². The van der Waals surface area contributed by atoms with Gasteiger partial charge < -0.3 is 20.5 Å². The lowest BCUT2D eigenvalue weighted by Gasteiger charge is -2.23. The van der Waals surface area contributed by atoms with E-state index in [-0.39, 0.29) is 16.7 Å². The van der Waals surface area contributed by atoms with E-state index in [1.54, 1.807) is 0 Å². The van der Waals surface area contributed by atoms with E-state index in [4.69, 9.17) is 9.84 Å². The van der Waals surface area contributed by atoms with Gasteiger partial charge in [-0.15, -0.1) is 0 Å². The number of hydrogen-bond acceptors (Lipinski definition) is 3. The summed E-state index contributed by atoms with van der Waals surface area (Å²) in [6.45, 7) is 6.63. The molecule has 6 heteroatoms. The van der Waals surface area contributed by atoms with Gasteiger partial charge in [-0.2, -0.15) is 0 Å². The molecular formula is C15H22N2O4. The average Bonchev–Trinajstić information content (AvgIpc) is 2.45. The first-order chi connectivity index (χ1) is 9.79. The number of carbonyl (C=O) groups is 2. The molecule has 0 unspecified atom stereocenters. The van der Waals surface area contributed by atoms with Crippen molar-refractivity contribution in [3.8, 4) is 5.75 Å². The highest BCUT2D eigenvalue weighted by atomic mass is 16.5. The van der Waals surface area contributed by atoms with Crippen LogP contribution in [0.5, 0.6) is 5.75 Å². The second kappa shape index (κ2) is 6.97. The van der Waals surface area contributed by atoms with E-state index < -0.39 is 12.0 Å². The SMILES string of the molecule is CCC(C)(C)CNC(=O)Nc1cc(OC)ccc1C(=O)O. The number of urea groups is 1. The summed E-state index contributed by atoms with van der Waals surface area (Å²) in [7, 11) is 1.48. The zero-order chi connectivity index (χ0) is 16.0. The van der Waals surface area contributed by atoms with Crippen LogP contribution in [0.25, 0.3) is 0 Å². The number of aromatic carboxylic acids is 1. The molecule has 0 aliphatic rings. The van der Waals surface area contributed by atoms with Crippen molar-refractivity contribution in [2.75, 3.05) is 19.0 Å². The fraction of sp³-hybridized carbons (Fsp3) is 0.467. The normalized spacial score (nSPS) is 10.9. The largest absolute Gasteiger partial charge is 0.497 e. The van der Waals surface area contributed by atoms with Gasteiger partial charge in [0, 0.05) is 12.6 Å². The Morgan fingerprint density at radius 3 is 2.52 bits per heavy atom. The monoisotopic (exact) mass is 294 g/mol. The standard InChI is InChI=1S/C15H22N2O4/c1-5-15(2,3)9-16-14(20)17-12-8-10(21-4)6-7-11(12)13(18)19/h6-8H,5,9H2,1-4H3,(H,18,19)(H2,16,17,20). The molecule has 0 radical (unpaired) electrons. The van der Waals surface area contributed by atoms with Crippen LogP contribution in [0.3, 0.4) is 0 Å². The van der Waals surface area contributed by atoms with Crippen molar-refractivity contribution in [2.24, 2.45) is 5.41 Å². The maximum absolute atomic E-state index is 11.9. The van der Waals surface area contributed by atoms with Crippen LogP contribution in [0.15, 0.2) is 18.2 Å². The quantitative estimate of drug-likeness (QED) is 0.752. The molecule has 0 bridgehead atoms. The number of carboxylic acids is 1. The second-order valence-corrected chi connectivity index (χ2v) is 5.54. The van der Waals surface area contributed by atoms with E-state index in [9.17, 15) is 9.59 Å². The van der Waals surface area contributed by atoms with Crippen molar-refractivity contribution in [3.63, 3.8) is 0 Å². The van der Waals surface area contributed by atoms with Crippen LogP contribution in [0.4, 0.5) is 10.5 Å². The lowest BCUT2D eigenvalue weighted by Crippen LogP contribution is -2.36. The number of carbonyl (C=O) groups excluding carboxylic acids is 1. The van der Waals surface area contributed by atoms with Crippen LogP contribution < -0.4 is 15.4 Å². The molecule has 0 spiro atoms. The molecule has 1 aromatic carbocycles. The summed E-state index contributed by atoms with van der Waals surface area (Å²) in [5, 5.41) is 14.4. The van der Waals surface area contributed by atoms with Crippen LogP contribution in [-0.4, -0.2) is 30.8 Å². The number of benzene rings is 1. The molecule has 0 heterocycles. The average molecular weight is 294 g/mol. The summed E-state index contributed by atoms with van der Waals surface area (Å²) in [6.07, 6.45) is 0.923. The Bertz CT molecular complexity index is 526. The summed E-state index contributed by atoms with van der Waals surface area (Å²) in [6, 6.07) is 3.97. The molecule has 2 amide bonds. The summed E-state index contributed by atoms with van der Waals surface area (Å²) in [4.78, 5) is 23.0. The number of amides is 2. The third kappa shape index (κ3) is 4.98. The van der Waals surface area contributed by atoms with E-state index >= 15 is 0 Å². The predicted octanol–water partition coefficient (Wildman–Crippen LogP) is 2.95. The van der Waals surface area contributed by atoms with Crippen molar-refractivity contribution < 1.29 is 19.4 Å². The Balaban J connectivity index is 2.81. The molecule has 0 saturated carbocycles. The number of ether oxygens (including phenoxy) is 1. The lowest BCUT2D eigenvalue weighted by molar-refractivity contribution is 0.0698. The molecule has 0 fully saturated rings. The molecule has 0 saturated heterocycles. The summed E-state index contributed by atoms with van der Waals surface area (Å²) in [5.41, 5.74) is 0.204. The van der Waals surface area contributed by atoms with Gasteiger partial charge >= 0.3 is 12.0 Å². The number of anilines is 1. The molecule has 0 atom stereocenters. The molecule has 21 heavy (non-hydrogen) atoms. The van der Waals surface area contributed by atoms with Gasteiger partial charge in [-0.1, -0.05) is 20.8 Å². The van der Waals surface area contributed by atoms with Gasteiger partial charge in [0.15, 0.2) is 0 Å². The molecule has 0 aliphatic carbocycles. The van der Waals surface area contributed by atoms with Crippen molar-refractivity contribution in [1.82, 2.24) is 5.32 Å². The highest BCUT2D eigenvalue weighted by molar-refractivity contribution is 6.00. The van der Waals surface area contributed by atoms with Gasteiger partial charge in [0.1, 0.15) is 5.75 Å². The van der Waals surface area contributed by atoms with Gasteiger partial charge in [0.05, 0.1) is 18.4 Å². The van der Waals surface area contributed by atoms with Gasteiger partial charge in [-0.25, -0.2) is 9.59 Å². The molecule has 0 aromatic heterocycles. The van der Waals surface area contributed by atoms with Crippen LogP contribution in [0.1, 0.15) is 37.6 Å². The Kier molecular flexibility index (Phi) is 5.58. The first-order valence-electron chi connectivity index (χ1n) is 6.75. The Morgan fingerprint density at radius 1 is 1.33 bits per heavy atom. The zero-order valence-corrected chi connectivity index (χ0v) is 12.8. The van der Waals surface area contributed by atoms with Crippen molar-refractivity contribution >= 4 is 17.7 Å². The summed E-state index contributed by atoms with van der Waals surface area (Å²) >= 11 is 0. The van der Waals surface area contributed by atoms with Gasteiger partial charge in [0.2, 0.25) is 0 Å². The highest BCUT2D eigenvalue weighted by Gasteiger charge is 2.18. The number of nitrogens with one attached hydrogen (secondary N) is 2. The minimum Gasteiger partial charge on any atom is -0.497 e. The predicted molar refractivity (Wildman–Crippen MR) is 81.0 cm³/mol. The van der Waals surface area contributed by atoms with Gasteiger partial charge in [-0.05, 0) is 24.0 Å². The Labute approximate surface area is 124 Å². The van der Waals surface area contributed by atoms with Crippen molar-refractivity contribution in [2.45, 2.75) is 27.2 Å². The van der Waals surface area contributed by atoms with Gasteiger partial charge in [0.25, 0.3) is 0 Å². The Morgan fingerprint density at radius 2 is 2.00 bits per heavy atom. The molecule has 3 N–H and O–H groups in total. The highest BCUT2D eigenvalue weighted by Crippen LogP contribution is 2.23. The smallest absolute Gasteiger partial charge is 0.337 e. The minimum atomic E-state index is -1.11. The van der Waals surface area contributed by atoms with Crippen LogP contribution >= 0.6 is 0 Å². The summed E-state index contributed by atoms with van der Waals surface area (Å²) < 4.78 is 5.04. The number of hydrogen-bond donors (Lipinski definition) is 3. The maximum Gasteiger partial charge on any atom is 0.337 e. The first kappa shape index (κ1) is 16.8. The van der Waals surface area contributed by atoms with Crippen LogP contribution in [0, 0.1) is 5.41 Å². The van der Waals surface area contributed by atoms with Gasteiger partial charge in [-0.3, -0.25) is 0 Å². The molecule has 0 aliphatic heterocycles. The molecule has 116 valence electrons. The number of rotatable bonds is 6. The van der Waals surface area contributed by atoms with Crippen LogP contribution in [-0.2, 0) is 0 Å². The fourth-order valence-corrected chi connectivity index (χ4v) is 1.55. The number of methoxy groups -OCH3 is 1. The number of carboxylic acid groups (broad SMARTS) is 1. The topological polar surface area (TPSA) is 87.7 Å². The van der Waals surface area contributed by atoms with E-state index in [2.05, 4.69) is 10.6 Å². The molecule has 1 aromatic rings.